The van der Waals surface area contributed by atoms with Crippen LogP contribution in [0.4, 0.5) is 13.2 Å². The lowest BCUT2D eigenvalue weighted by Gasteiger charge is -2.14. The number of hydrogen-bond donors (Lipinski definition) is 1. The zero-order valence-corrected chi connectivity index (χ0v) is 8.54. The minimum absolute atomic E-state index is 0.790. The standard InChI is InChI=1S/C10H7F3O4/c1-5(14)17-7-4-2-3-6(9(15)16)8(7)10(11,12)13/h2-4H,1H3,(H,15,16). The summed E-state index contributed by atoms with van der Waals surface area (Å²) >= 11 is 0. The minimum atomic E-state index is -4.92. The van der Waals surface area contributed by atoms with Crippen molar-refractivity contribution < 1.29 is 32.6 Å². The molecule has 0 aliphatic heterocycles. The van der Waals surface area contributed by atoms with Crippen LogP contribution in [0, 0.1) is 0 Å². The monoisotopic (exact) mass is 248 g/mol. The van der Waals surface area contributed by atoms with Gasteiger partial charge in [0.1, 0.15) is 11.3 Å². The van der Waals surface area contributed by atoms with Gasteiger partial charge in [0.2, 0.25) is 0 Å². The summed E-state index contributed by atoms with van der Waals surface area (Å²) in [7, 11) is 0. The first-order chi connectivity index (χ1) is 7.73. The Morgan fingerprint density at radius 1 is 1.29 bits per heavy atom. The Labute approximate surface area is 93.6 Å². The van der Waals surface area contributed by atoms with E-state index in [9.17, 15) is 22.8 Å². The molecule has 0 unspecified atom stereocenters. The molecule has 0 bridgehead atoms. The first-order valence-electron chi connectivity index (χ1n) is 4.35. The number of benzene rings is 1. The van der Waals surface area contributed by atoms with Crippen molar-refractivity contribution >= 4 is 11.9 Å². The van der Waals surface area contributed by atoms with Gasteiger partial charge in [-0.25, -0.2) is 4.79 Å². The van der Waals surface area contributed by atoms with Gasteiger partial charge in [0.05, 0.1) is 5.56 Å². The first-order valence-corrected chi connectivity index (χ1v) is 4.35. The van der Waals surface area contributed by atoms with Crippen LogP contribution in [-0.2, 0) is 11.0 Å². The van der Waals surface area contributed by atoms with Crippen molar-refractivity contribution in [3.8, 4) is 5.75 Å². The summed E-state index contributed by atoms with van der Waals surface area (Å²) in [5.74, 6) is -3.52. The molecule has 0 aliphatic carbocycles. The van der Waals surface area contributed by atoms with E-state index >= 15 is 0 Å². The van der Waals surface area contributed by atoms with Gasteiger partial charge in [-0.1, -0.05) is 6.07 Å². The molecule has 1 rings (SSSR count). The van der Waals surface area contributed by atoms with Gasteiger partial charge in [-0.05, 0) is 12.1 Å². The molecule has 0 aliphatic rings. The summed E-state index contributed by atoms with van der Waals surface area (Å²) in [4.78, 5) is 21.3. The second-order valence-corrected chi connectivity index (χ2v) is 3.08. The maximum absolute atomic E-state index is 12.7. The number of ether oxygens (including phenoxy) is 1. The van der Waals surface area contributed by atoms with E-state index in [2.05, 4.69) is 4.74 Å². The van der Waals surface area contributed by atoms with Crippen molar-refractivity contribution in [1.29, 1.82) is 0 Å². The number of alkyl halides is 3. The Kier molecular flexibility index (Phi) is 3.40. The molecule has 0 heterocycles. The summed E-state index contributed by atoms with van der Waals surface area (Å²) in [6, 6.07) is 2.74. The van der Waals surface area contributed by atoms with Crippen molar-refractivity contribution in [1.82, 2.24) is 0 Å². The fraction of sp³-hybridized carbons (Fsp3) is 0.200. The number of carboxylic acids is 1. The van der Waals surface area contributed by atoms with Crippen LogP contribution < -0.4 is 4.74 Å². The van der Waals surface area contributed by atoms with Crippen molar-refractivity contribution in [3.05, 3.63) is 29.3 Å². The highest BCUT2D eigenvalue weighted by molar-refractivity contribution is 5.90. The Hall–Kier alpha value is -2.05. The van der Waals surface area contributed by atoms with E-state index < -0.39 is 35.0 Å². The normalized spacial score (nSPS) is 11.1. The number of carbonyl (C=O) groups is 2. The van der Waals surface area contributed by atoms with Crippen LogP contribution in [0.3, 0.4) is 0 Å². The molecule has 0 aromatic heterocycles. The molecular formula is C10H7F3O4. The lowest BCUT2D eigenvalue weighted by Crippen LogP contribution is -2.16. The minimum Gasteiger partial charge on any atom is -0.478 e. The third-order valence-electron chi connectivity index (χ3n) is 1.79. The van der Waals surface area contributed by atoms with Crippen molar-refractivity contribution in [2.75, 3.05) is 0 Å². The highest BCUT2D eigenvalue weighted by atomic mass is 19.4. The number of esters is 1. The molecule has 1 N–H and O–H groups in total. The molecule has 0 saturated carbocycles. The average Bonchev–Trinajstić information content (AvgIpc) is 2.14. The molecule has 4 nitrogen and oxygen atoms in total. The van der Waals surface area contributed by atoms with Crippen molar-refractivity contribution in [3.63, 3.8) is 0 Å². The molecule has 1 aromatic rings. The number of aromatic carboxylic acids is 1. The van der Waals surface area contributed by atoms with Crippen LogP contribution in [0.25, 0.3) is 0 Å². The molecular weight excluding hydrogens is 241 g/mol. The fourth-order valence-corrected chi connectivity index (χ4v) is 1.24. The second-order valence-electron chi connectivity index (χ2n) is 3.08. The van der Waals surface area contributed by atoms with Crippen molar-refractivity contribution in [2.24, 2.45) is 0 Å². The van der Waals surface area contributed by atoms with E-state index in [1.165, 1.54) is 0 Å². The van der Waals surface area contributed by atoms with Gasteiger partial charge in [-0.15, -0.1) is 0 Å². The summed E-state index contributed by atoms with van der Waals surface area (Å²) in [6.45, 7) is 0.924. The van der Waals surface area contributed by atoms with Crippen LogP contribution in [-0.4, -0.2) is 17.0 Å². The molecule has 0 amide bonds. The van der Waals surface area contributed by atoms with Crippen molar-refractivity contribution in [2.45, 2.75) is 13.1 Å². The van der Waals surface area contributed by atoms with E-state index in [1.807, 2.05) is 0 Å². The van der Waals surface area contributed by atoms with E-state index in [4.69, 9.17) is 5.11 Å². The van der Waals surface area contributed by atoms with Gasteiger partial charge < -0.3 is 9.84 Å². The molecule has 0 fully saturated rings. The van der Waals surface area contributed by atoms with Gasteiger partial charge in [0.15, 0.2) is 0 Å². The number of rotatable bonds is 2. The summed E-state index contributed by atoms with van der Waals surface area (Å²) in [5.41, 5.74) is -2.43. The highest BCUT2D eigenvalue weighted by Crippen LogP contribution is 2.38. The van der Waals surface area contributed by atoms with E-state index in [0.29, 0.717) is 0 Å². The Morgan fingerprint density at radius 2 is 1.88 bits per heavy atom. The maximum Gasteiger partial charge on any atom is 0.420 e. The molecule has 7 heteroatoms. The van der Waals surface area contributed by atoms with Gasteiger partial charge in [-0.3, -0.25) is 4.79 Å². The van der Waals surface area contributed by atoms with E-state index in [-0.39, 0.29) is 0 Å². The zero-order valence-electron chi connectivity index (χ0n) is 8.54. The number of hydrogen-bond acceptors (Lipinski definition) is 3. The summed E-state index contributed by atoms with van der Waals surface area (Å²) in [6.07, 6.45) is -4.92. The lowest BCUT2D eigenvalue weighted by molar-refractivity contribution is -0.142. The predicted octanol–water partition coefficient (Wildman–Crippen LogP) is 2.33. The third kappa shape index (κ3) is 2.96. The summed E-state index contributed by atoms with van der Waals surface area (Å²) in [5, 5.41) is 8.65. The fourth-order valence-electron chi connectivity index (χ4n) is 1.24. The molecule has 92 valence electrons. The number of carboxylic acid groups (broad SMARTS) is 1. The lowest BCUT2D eigenvalue weighted by atomic mass is 10.1. The largest absolute Gasteiger partial charge is 0.478 e. The van der Waals surface area contributed by atoms with Crippen LogP contribution in [0.1, 0.15) is 22.8 Å². The number of carbonyl (C=O) groups excluding carboxylic acids is 1. The topological polar surface area (TPSA) is 63.6 Å². The maximum atomic E-state index is 12.7. The highest BCUT2D eigenvalue weighted by Gasteiger charge is 2.39. The molecule has 0 spiro atoms. The first kappa shape index (κ1) is 13.0. The van der Waals surface area contributed by atoms with Gasteiger partial charge in [-0.2, -0.15) is 13.2 Å². The van der Waals surface area contributed by atoms with Crippen LogP contribution in [0.5, 0.6) is 5.75 Å². The quantitative estimate of drug-likeness (QED) is 0.644. The van der Waals surface area contributed by atoms with E-state index in [0.717, 1.165) is 25.1 Å². The molecule has 0 atom stereocenters. The molecule has 0 saturated heterocycles. The Bertz CT molecular complexity index is 465. The second kappa shape index (κ2) is 4.44. The van der Waals surface area contributed by atoms with Crippen LogP contribution in [0.2, 0.25) is 0 Å². The Balaban J connectivity index is 3.45. The van der Waals surface area contributed by atoms with Crippen LogP contribution in [0.15, 0.2) is 18.2 Å². The Morgan fingerprint density at radius 3 is 2.29 bits per heavy atom. The van der Waals surface area contributed by atoms with Gasteiger partial charge in [0, 0.05) is 6.92 Å². The van der Waals surface area contributed by atoms with Gasteiger partial charge >= 0.3 is 18.1 Å². The SMILES string of the molecule is CC(=O)Oc1cccc(C(=O)O)c1C(F)(F)F. The molecule has 17 heavy (non-hydrogen) atoms. The van der Waals surface area contributed by atoms with Gasteiger partial charge in [0.25, 0.3) is 0 Å². The predicted molar refractivity (Wildman–Crippen MR) is 49.7 cm³/mol. The smallest absolute Gasteiger partial charge is 0.420 e. The molecule has 0 radical (unpaired) electrons. The zero-order chi connectivity index (χ0) is 13.2. The average molecular weight is 248 g/mol. The summed E-state index contributed by atoms with van der Waals surface area (Å²) < 4.78 is 42.3. The van der Waals surface area contributed by atoms with Crippen LogP contribution >= 0.6 is 0 Å². The number of halogens is 3. The van der Waals surface area contributed by atoms with E-state index in [1.54, 1.807) is 0 Å². The third-order valence-corrected chi connectivity index (χ3v) is 1.79. The molecule has 1 aromatic carbocycles.